The normalized spacial score (nSPS) is 10.8. The van der Waals surface area contributed by atoms with E-state index < -0.39 is 0 Å². The molecule has 3 N–H and O–H groups in total. The van der Waals surface area contributed by atoms with Gasteiger partial charge < -0.3 is 15.6 Å². The number of fused-ring (bicyclic) bond motifs is 1. The van der Waals surface area contributed by atoms with Crippen molar-refractivity contribution in [1.29, 1.82) is 0 Å². The number of hydrogen-bond acceptors (Lipinski definition) is 3. The zero-order valence-electron chi connectivity index (χ0n) is 12.4. The van der Waals surface area contributed by atoms with Gasteiger partial charge in [0.15, 0.2) is 0 Å². The van der Waals surface area contributed by atoms with Crippen molar-refractivity contribution in [2.75, 3.05) is 7.05 Å². The van der Waals surface area contributed by atoms with E-state index in [9.17, 15) is 4.79 Å². The second kappa shape index (κ2) is 5.99. The van der Waals surface area contributed by atoms with E-state index in [-0.39, 0.29) is 5.91 Å². The summed E-state index contributed by atoms with van der Waals surface area (Å²) < 4.78 is 0. The Morgan fingerprint density at radius 2 is 2.14 bits per heavy atom. The molecule has 22 heavy (non-hydrogen) atoms. The van der Waals surface area contributed by atoms with Crippen LogP contribution in [0.5, 0.6) is 0 Å². The Bertz CT molecular complexity index is 809. The molecule has 5 heteroatoms. The minimum Gasteiger partial charge on any atom is -0.361 e. The zero-order valence-corrected chi connectivity index (χ0v) is 12.4. The minimum atomic E-state index is -0.0383. The smallest absolute Gasteiger partial charge is 0.254 e. The SMILES string of the molecule is CN(Cc1ccc2cc[nH]c2c1)C(=O)c1ccnc(CN)c1. The first-order chi connectivity index (χ1) is 10.7. The molecule has 2 aromatic heterocycles. The third-order valence-electron chi connectivity index (χ3n) is 3.66. The molecular formula is C17H18N4O. The Morgan fingerprint density at radius 3 is 2.95 bits per heavy atom. The molecule has 0 radical (unpaired) electrons. The molecule has 0 aliphatic rings. The van der Waals surface area contributed by atoms with Crippen LogP contribution in [-0.2, 0) is 13.1 Å². The third-order valence-corrected chi connectivity index (χ3v) is 3.66. The highest BCUT2D eigenvalue weighted by molar-refractivity contribution is 5.94. The molecule has 0 bridgehead atoms. The minimum absolute atomic E-state index is 0.0383. The van der Waals surface area contributed by atoms with Crippen molar-refractivity contribution in [2.45, 2.75) is 13.1 Å². The molecule has 2 heterocycles. The van der Waals surface area contributed by atoms with Crippen LogP contribution in [0.4, 0.5) is 0 Å². The van der Waals surface area contributed by atoms with Crippen LogP contribution < -0.4 is 5.73 Å². The molecule has 0 saturated carbocycles. The highest BCUT2D eigenvalue weighted by Crippen LogP contribution is 2.16. The molecule has 0 spiro atoms. The Labute approximate surface area is 128 Å². The summed E-state index contributed by atoms with van der Waals surface area (Å²) >= 11 is 0. The number of aromatic nitrogens is 2. The standard InChI is InChI=1S/C17H18N4O/c1-21(17(22)14-5-6-19-15(9-14)10-18)11-12-2-3-13-4-7-20-16(13)8-12/h2-9,20H,10-11,18H2,1H3. The number of carbonyl (C=O) groups excluding carboxylic acids is 1. The molecule has 1 amide bonds. The summed E-state index contributed by atoms with van der Waals surface area (Å²) in [4.78, 5) is 21.5. The maximum absolute atomic E-state index is 12.5. The summed E-state index contributed by atoms with van der Waals surface area (Å²) in [5.74, 6) is -0.0383. The van der Waals surface area contributed by atoms with Gasteiger partial charge in [0.1, 0.15) is 0 Å². The van der Waals surface area contributed by atoms with Crippen molar-refractivity contribution >= 4 is 16.8 Å². The number of carbonyl (C=O) groups is 1. The van der Waals surface area contributed by atoms with E-state index in [0.717, 1.165) is 11.1 Å². The van der Waals surface area contributed by atoms with Crippen LogP contribution in [0.2, 0.25) is 0 Å². The molecule has 0 aliphatic heterocycles. The number of hydrogen-bond donors (Lipinski definition) is 2. The monoisotopic (exact) mass is 294 g/mol. The summed E-state index contributed by atoms with van der Waals surface area (Å²) in [6, 6.07) is 11.6. The van der Waals surface area contributed by atoms with Gasteiger partial charge in [-0.15, -0.1) is 0 Å². The molecule has 0 aliphatic carbocycles. The molecule has 112 valence electrons. The maximum Gasteiger partial charge on any atom is 0.254 e. The van der Waals surface area contributed by atoms with Crippen LogP contribution in [0.1, 0.15) is 21.6 Å². The van der Waals surface area contributed by atoms with Gasteiger partial charge in [0.25, 0.3) is 5.91 Å². The molecule has 3 rings (SSSR count). The third kappa shape index (κ3) is 2.84. The van der Waals surface area contributed by atoms with Crippen molar-refractivity contribution < 1.29 is 4.79 Å². The lowest BCUT2D eigenvalue weighted by molar-refractivity contribution is 0.0785. The maximum atomic E-state index is 12.5. The van der Waals surface area contributed by atoms with Gasteiger partial charge in [0, 0.05) is 43.6 Å². The molecule has 1 aromatic carbocycles. The van der Waals surface area contributed by atoms with Gasteiger partial charge >= 0.3 is 0 Å². The average Bonchev–Trinajstić information content (AvgIpc) is 3.01. The highest BCUT2D eigenvalue weighted by atomic mass is 16.2. The second-order valence-corrected chi connectivity index (χ2v) is 5.30. The fraction of sp³-hybridized carbons (Fsp3) is 0.176. The van der Waals surface area contributed by atoms with Gasteiger partial charge in [-0.3, -0.25) is 9.78 Å². The first-order valence-corrected chi connectivity index (χ1v) is 7.14. The van der Waals surface area contributed by atoms with Crippen molar-refractivity contribution in [3.63, 3.8) is 0 Å². The van der Waals surface area contributed by atoms with E-state index in [1.165, 1.54) is 5.39 Å². The van der Waals surface area contributed by atoms with Crippen molar-refractivity contribution in [1.82, 2.24) is 14.9 Å². The lowest BCUT2D eigenvalue weighted by Crippen LogP contribution is -2.26. The number of benzene rings is 1. The first-order valence-electron chi connectivity index (χ1n) is 7.14. The zero-order chi connectivity index (χ0) is 15.5. The summed E-state index contributed by atoms with van der Waals surface area (Å²) in [5.41, 5.74) is 9.05. The van der Waals surface area contributed by atoms with Crippen LogP contribution in [-0.4, -0.2) is 27.8 Å². The van der Waals surface area contributed by atoms with Crippen LogP contribution in [0.25, 0.3) is 10.9 Å². The molecule has 5 nitrogen and oxygen atoms in total. The number of rotatable bonds is 4. The van der Waals surface area contributed by atoms with E-state index >= 15 is 0 Å². The largest absolute Gasteiger partial charge is 0.361 e. The van der Waals surface area contributed by atoms with Crippen LogP contribution >= 0.6 is 0 Å². The van der Waals surface area contributed by atoms with Crippen LogP contribution in [0.15, 0.2) is 48.8 Å². The predicted molar refractivity (Wildman–Crippen MR) is 86.2 cm³/mol. The number of pyridine rings is 1. The Hall–Kier alpha value is -2.66. The average molecular weight is 294 g/mol. The molecular weight excluding hydrogens is 276 g/mol. The van der Waals surface area contributed by atoms with E-state index in [1.807, 2.05) is 18.3 Å². The molecule has 0 saturated heterocycles. The Balaban J connectivity index is 1.77. The van der Waals surface area contributed by atoms with Gasteiger partial charge in [-0.05, 0) is 35.2 Å². The molecule has 0 unspecified atom stereocenters. The lowest BCUT2D eigenvalue weighted by atomic mass is 10.1. The summed E-state index contributed by atoms with van der Waals surface area (Å²) in [6.07, 6.45) is 3.53. The van der Waals surface area contributed by atoms with E-state index in [1.54, 1.807) is 30.3 Å². The quantitative estimate of drug-likeness (QED) is 0.775. The fourth-order valence-corrected chi connectivity index (χ4v) is 2.48. The predicted octanol–water partition coefficient (Wildman–Crippen LogP) is 2.29. The van der Waals surface area contributed by atoms with Crippen molar-refractivity contribution in [3.8, 4) is 0 Å². The van der Waals surface area contributed by atoms with E-state index in [4.69, 9.17) is 5.73 Å². The molecule has 0 fully saturated rings. The lowest BCUT2D eigenvalue weighted by Gasteiger charge is -2.17. The summed E-state index contributed by atoms with van der Waals surface area (Å²) in [7, 11) is 1.80. The number of H-pyrrole nitrogens is 1. The first kappa shape index (κ1) is 14.3. The van der Waals surface area contributed by atoms with Gasteiger partial charge in [0.2, 0.25) is 0 Å². The van der Waals surface area contributed by atoms with Gasteiger partial charge in [-0.2, -0.15) is 0 Å². The van der Waals surface area contributed by atoms with Crippen molar-refractivity contribution in [3.05, 3.63) is 65.6 Å². The van der Waals surface area contributed by atoms with E-state index in [0.29, 0.717) is 24.3 Å². The summed E-state index contributed by atoms with van der Waals surface area (Å²) in [5, 5.41) is 1.17. The van der Waals surface area contributed by atoms with Crippen molar-refractivity contribution in [2.24, 2.45) is 5.73 Å². The molecule has 0 atom stereocenters. The number of amides is 1. The fourth-order valence-electron chi connectivity index (χ4n) is 2.48. The van der Waals surface area contributed by atoms with Gasteiger partial charge in [-0.1, -0.05) is 12.1 Å². The summed E-state index contributed by atoms with van der Waals surface area (Å²) in [6.45, 7) is 0.877. The Morgan fingerprint density at radius 1 is 1.27 bits per heavy atom. The van der Waals surface area contributed by atoms with Gasteiger partial charge in [0.05, 0.1) is 5.69 Å². The number of nitrogens with zero attached hydrogens (tertiary/aromatic N) is 2. The number of nitrogens with two attached hydrogens (primary N) is 1. The van der Waals surface area contributed by atoms with E-state index in [2.05, 4.69) is 22.1 Å². The number of aromatic amines is 1. The molecule has 3 aromatic rings. The van der Waals surface area contributed by atoms with Gasteiger partial charge in [-0.25, -0.2) is 0 Å². The highest BCUT2D eigenvalue weighted by Gasteiger charge is 2.13. The topological polar surface area (TPSA) is 75.0 Å². The van der Waals surface area contributed by atoms with Crippen LogP contribution in [0.3, 0.4) is 0 Å². The number of nitrogens with one attached hydrogen (secondary N) is 1. The second-order valence-electron chi connectivity index (χ2n) is 5.30. The Kier molecular flexibility index (Phi) is 3.89. The van der Waals surface area contributed by atoms with Crippen LogP contribution in [0, 0.1) is 0 Å².